The van der Waals surface area contributed by atoms with Crippen molar-refractivity contribution in [3.8, 4) is 5.75 Å². The van der Waals surface area contributed by atoms with Gasteiger partial charge in [0.1, 0.15) is 11.9 Å². The van der Waals surface area contributed by atoms with Crippen molar-refractivity contribution >= 4 is 18.0 Å². The number of hydrogen-bond donors (Lipinski definition) is 0. The second kappa shape index (κ2) is 8.92. The molecule has 1 heterocycles. The fourth-order valence-electron chi connectivity index (χ4n) is 3.58. The molecule has 2 aromatic rings. The van der Waals surface area contributed by atoms with E-state index in [9.17, 15) is 9.59 Å². The Hall–Kier alpha value is -3.12. The summed E-state index contributed by atoms with van der Waals surface area (Å²) in [5.74, 6) is -0.648. The van der Waals surface area contributed by atoms with Crippen LogP contribution in [0.25, 0.3) is 6.08 Å². The molecule has 2 atom stereocenters. The molecule has 6 nitrogen and oxygen atoms in total. The van der Waals surface area contributed by atoms with Gasteiger partial charge in [-0.2, -0.15) is 0 Å². The Morgan fingerprint density at radius 2 is 1.59 bits per heavy atom. The summed E-state index contributed by atoms with van der Waals surface area (Å²) in [6.07, 6.45) is 2.33. The number of esters is 2. The van der Waals surface area contributed by atoms with E-state index in [0.29, 0.717) is 5.75 Å². The maximum absolute atomic E-state index is 12.8. The van der Waals surface area contributed by atoms with E-state index < -0.39 is 29.6 Å². The van der Waals surface area contributed by atoms with Crippen molar-refractivity contribution in [3.05, 3.63) is 71.8 Å². The van der Waals surface area contributed by atoms with Crippen LogP contribution in [0.4, 0.5) is 0 Å². The predicted molar refractivity (Wildman–Crippen MR) is 107 cm³/mol. The second-order valence-electron chi connectivity index (χ2n) is 6.75. The van der Waals surface area contributed by atoms with Gasteiger partial charge in [-0.3, -0.25) is 9.59 Å². The highest BCUT2D eigenvalue weighted by atomic mass is 16.6. The van der Waals surface area contributed by atoms with Crippen LogP contribution in [0.2, 0.25) is 0 Å². The van der Waals surface area contributed by atoms with Crippen molar-refractivity contribution in [1.29, 1.82) is 0 Å². The van der Waals surface area contributed by atoms with Gasteiger partial charge in [0, 0.05) is 6.42 Å². The summed E-state index contributed by atoms with van der Waals surface area (Å²) in [6.45, 7) is 0. The van der Waals surface area contributed by atoms with Gasteiger partial charge in [0.25, 0.3) is 0 Å². The van der Waals surface area contributed by atoms with Gasteiger partial charge in [0.05, 0.1) is 27.4 Å². The Bertz CT molecular complexity index is 856. The van der Waals surface area contributed by atoms with Gasteiger partial charge in [0.2, 0.25) is 0 Å². The lowest BCUT2D eigenvalue weighted by atomic mass is 9.78. The standard InChI is InChI=1S/C23H24O6/c1-26-18-12-10-17(11-13-18)19-15-23(21(24)27-2,22(25)28-3)20(29-19)14-9-16-7-5-4-6-8-16/h4-14,19-20H,15H2,1-3H3/b14-9+/t19-,20-/m1/s1. The topological polar surface area (TPSA) is 71.1 Å². The summed E-state index contributed by atoms with van der Waals surface area (Å²) in [5, 5.41) is 0. The summed E-state index contributed by atoms with van der Waals surface area (Å²) in [4.78, 5) is 25.6. The lowest BCUT2D eigenvalue weighted by molar-refractivity contribution is -0.171. The van der Waals surface area contributed by atoms with E-state index in [-0.39, 0.29) is 6.42 Å². The molecule has 2 aromatic carbocycles. The van der Waals surface area contributed by atoms with E-state index in [4.69, 9.17) is 18.9 Å². The third-order valence-corrected chi connectivity index (χ3v) is 5.15. The van der Waals surface area contributed by atoms with Gasteiger partial charge in [0.15, 0.2) is 5.41 Å². The Labute approximate surface area is 170 Å². The largest absolute Gasteiger partial charge is 0.497 e. The number of rotatable bonds is 6. The smallest absolute Gasteiger partial charge is 0.326 e. The molecule has 0 N–H and O–H groups in total. The minimum atomic E-state index is -1.58. The lowest BCUT2D eigenvalue weighted by Gasteiger charge is -2.26. The number of benzene rings is 2. The van der Waals surface area contributed by atoms with Crippen LogP contribution in [0.3, 0.4) is 0 Å². The Morgan fingerprint density at radius 3 is 2.14 bits per heavy atom. The van der Waals surface area contributed by atoms with Crippen LogP contribution in [0, 0.1) is 5.41 Å². The summed E-state index contributed by atoms with van der Waals surface area (Å²) in [6, 6.07) is 16.9. The average molecular weight is 396 g/mol. The monoisotopic (exact) mass is 396 g/mol. The van der Waals surface area contributed by atoms with Crippen LogP contribution in [-0.2, 0) is 23.8 Å². The third kappa shape index (κ3) is 4.03. The van der Waals surface area contributed by atoms with Crippen LogP contribution in [0.1, 0.15) is 23.7 Å². The molecule has 0 unspecified atom stereocenters. The van der Waals surface area contributed by atoms with Crippen LogP contribution >= 0.6 is 0 Å². The Morgan fingerprint density at radius 1 is 0.966 bits per heavy atom. The van der Waals surface area contributed by atoms with Gasteiger partial charge in [-0.05, 0) is 23.3 Å². The zero-order valence-corrected chi connectivity index (χ0v) is 16.7. The number of hydrogen-bond acceptors (Lipinski definition) is 6. The zero-order valence-electron chi connectivity index (χ0n) is 16.7. The van der Waals surface area contributed by atoms with E-state index in [2.05, 4.69) is 0 Å². The summed E-state index contributed by atoms with van der Waals surface area (Å²) >= 11 is 0. The lowest BCUT2D eigenvalue weighted by Crippen LogP contribution is -2.46. The van der Waals surface area contributed by atoms with Crippen LogP contribution in [0.5, 0.6) is 5.75 Å². The Kier molecular flexibility index (Phi) is 6.34. The first-order valence-electron chi connectivity index (χ1n) is 9.24. The highest BCUT2D eigenvalue weighted by Crippen LogP contribution is 2.48. The molecule has 0 bridgehead atoms. The normalized spacial score (nSPS) is 20.4. The molecule has 152 valence electrons. The molecule has 29 heavy (non-hydrogen) atoms. The van der Waals surface area contributed by atoms with E-state index >= 15 is 0 Å². The van der Waals surface area contributed by atoms with Crippen LogP contribution in [-0.4, -0.2) is 39.4 Å². The molecule has 0 amide bonds. The van der Waals surface area contributed by atoms with Gasteiger partial charge >= 0.3 is 11.9 Å². The van der Waals surface area contributed by atoms with Gasteiger partial charge < -0.3 is 18.9 Å². The number of carbonyl (C=O) groups is 2. The Balaban J connectivity index is 1.99. The number of ether oxygens (including phenoxy) is 4. The third-order valence-electron chi connectivity index (χ3n) is 5.15. The molecular formula is C23H24O6. The SMILES string of the molecule is COC(=O)C1(C(=O)OC)C[C@H](c2ccc(OC)cc2)O[C@@H]1/C=C/c1ccccc1. The first kappa shape index (κ1) is 20.6. The van der Waals surface area contributed by atoms with E-state index in [0.717, 1.165) is 11.1 Å². The van der Waals surface area contributed by atoms with Crippen molar-refractivity contribution in [3.63, 3.8) is 0 Å². The molecule has 0 saturated carbocycles. The molecule has 1 fully saturated rings. The van der Waals surface area contributed by atoms with Gasteiger partial charge in [-0.25, -0.2) is 0 Å². The predicted octanol–water partition coefficient (Wildman–Crippen LogP) is 3.57. The number of carbonyl (C=O) groups excluding carboxylic acids is 2. The van der Waals surface area contributed by atoms with Crippen LogP contribution < -0.4 is 4.74 Å². The van der Waals surface area contributed by atoms with Crippen LogP contribution in [0.15, 0.2) is 60.7 Å². The highest BCUT2D eigenvalue weighted by Gasteiger charge is 2.60. The van der Waals surface area contributed by atoms with Crippen molar-refractivity contribution in [2.45, 2.75) is 18.6 Å². The first-order valence-corrected chi connectivity index (χ1v) is 9.24. The van der Waals surface area contributed by atoms with Crippen molar-refractivity contribution < 1.29 is 28.5 Å². The quantitative estimate of drug-likeness (QED) is 0.549. The average Bonchev–Trinajstić information content (AvgIpc) is 3.18. The zero-order chi connectivity index (χ0) is 20.9. The first-order chi connectivity index (χ1) is 14.0. The fraction of sp³-hybridized carbons (Fsp3) is 0.304. The van der Waals surface area contributed by atoms with E-state index in [1.807, 2.05) is 60.7 Å². The maximum Gasteiger partial charge on any atom is 0.326 e. The highest BCUT2D eigenvalue weighted by molar-refractivity contribution is 6.01. The molecule has 0 aliphatic carbocycles. The minimum absolute atomic E-state index is 0.114. The molecule has 0 aromatic heterocycles. The van der Waals surface area contributed by atoms with Crippen molar-refractivity contribution in [2.24, 2.45) is 5.41 Å². The molecule has 6 heteroatoms. The summed E-state index contributed by atoms with van der Waals surface area (Å²) in [5.41, 5.74) is 0.172. The maximum atomic E-state index is 12.8. The van der Waals surface area contributed by atoms with Gasteiger partial charge in [-0.1, -0.05) is 54.6 Å². The van der Waals surface area contributed by atoms with E-state index in [1.165, 1.54) is 14.2 Å². The fourth-order valence-corrected chi connectivity index (χ4v) is 3.58. The minimum Gasteiger partial charge on any atom is -0.497 e. The molecule has 1 saturated heterocycles. The van der Waals surface area contributed by atoms with Gasteiger partial charge in [-0.15, -0.1) is 0 Å². The van der Waals surface area contributed by atoms with E-state index in [1.54, 1.807) is 13.2 Å². The molecule has 1 aliphatic rings. The molecule has 0 spiro atoms. The summed E-state index contributed by atoms with van der Waals surface area (Å²) in [7, 11) is 4.10. The number of methoxy groups -OCH3 is 3. The second-order valence-corrected chi connectivity index (χ2v) is 6.75. The molecule has 1 aliphatic heterocycles. The van der Waals surface area contributed by atoms with Crippen molar-refractivity contribution in [2.75, 3.05) is 21.3 Å². The molecule has 0 radical (unpaired) electrons. The molecule has 3 rings (SSSR count). The van der Waals surface area contributed by atoms with Crippen molar-refractivity contribution in [1.82, 2.24) is 0 Å². The molecular weight excluding hydrogens is 372 g/mol. The summed E-state index contributed by atoms with van der Waals surface area (Å²) < 4.78 is 21.3.